The predicted molar refractivity (Wildman–Crippen MR) is 98.8 cm³/mol. The van der Waals surface area contributed by atoms with Crippen LogP contribution in [0.3, 0.4) is 0 Å². The van der Waals surface area contributed by atoms with Crippen molar-refractivity contribution in [2.24, 2.45) is 0 Å². The Morgan fingerprint density at radius 1 is 1.29 bits per heavy atom. The lowest BCUT2D eigenvalue weighted by Gasteiger charge is -2.18. The minimum Gasteiger partial charge on any atom is -0.377 e. The van der Waals surface area contributed by atoms with E-state index >= 15 is 0 Å². The van der Waals surface area contributed by atoms with Crippen LogP contribution in [0.1, 0.15) is 48.5 Å². The SMILES string of the molecule is CCn1c([C@H]2OCC[C@H]2c2ccccc2)nn(Cc2nc(COC)no2)c1=O. The number of hydrogen-bond donors (Lipinski definition) is 0. The molecule has 0 bridgehead atoms. The first kappa shape index (κ1) is 18.6. The average Bonchev–Trinajstić information content (AvgIpc) is 3.43. The Kier molecular flexibility index (Phi) is 5.36. The number of rotatable bonds is 7. The Morgan fingerprint density at radius 3 is 2.86 bits per heavy atom. The zero-order chi connectivity index (χ0) is 19.5. The molecule has 1 saturated heterocycles. The molecule has 0 amide bonds. The summed E-state index contributed by atoms with van der Waals surface area (Å²) in [4.78, 5) is 17.1. The molecule has 1 aromatic carbocycles. The van der Waals surface area contributed by atoms with Crippen LogP contribution in [-0.2, 0) is 29.2 Å². The van der Waals surface area contributed by atoms with Crippen LogP contribution in [0.4, 0.5) is 0 Å². The smallest absolute Gasteiger partial charge is 0.346 e. The van der Waals surface area contributed by atoms with Gasteiger partial charge in [0, 0.05) is 26.2 Å². The Balaban J connectivity index is 1.64. The van der Waals surface area contributed by atoms with Crippen LogP contribution in [0.5, 0.6) is 0 Å². The molecule has 3 heterocycles. The van der Waals surface area contributed by atoms with Crippen LogP contribution in [0, 0.1) is 0 Å². The largest absolute Gasteiger partial charge is 0.377 e. The van der Waals surface area contributed by atoms with Crippen LogP contribution in [0.15, 0.2) is 39.6 Å². The van der Waals surface area contributed by atoms with Crippen molar-refractivity contribution >= 4 is 0 Å². The predicted octanol–water partition coefficient (Wildman–Crippen LogP) is 1.89. The molecule has 1 fully saturated rings. The molecule has 2 atom stereocenters. The van der Waals surface area contributed by atoms with Crippen LogP contribution in [0.25, 0.3) is 0 Å². The van der Waals surface area contributed by atoms with E-state index in [4.69, 9.17) is 14.0 Å². The van der Waals surface area contributed by atoms with Gasteiger partial charge >= 0.3 is 5.69 Å². The van der Waals surface area contributed by atoms with Gasteiger partial charge in [0.2, 0.25) is 5.89 Å². The summed E-state index contributed by atoms with van der Waals surface area (Å²) in [5, 5.41) is 8.40. The normalized spacial score (nSPS) is 19.4. The van der Waals surface area contributed by atoms with Gasteiger partial charge in [0.1, 0.15) is 19.3 Å². The standard InChI is InChI=1S/C19H23N5O4/c1-3-23-18(17-14(9-10-27-17)13-7-5-4-6-8-13)21-24(19(23)25)11-16-20-15(12-26-2)22-28-16/h4-8,14,17H,3,9-12H2,1-2H3/t14-,17-/m0/s1. The molecule has 0 saturated carbocycles. The molecule has 1 aliphatic rings. The fraction of sp³-hybridized carbons (Fsp3) is 0.474. The second kappa shape index (κ2) is 8.07. The van der Waals surface area contributed by atoms with E-state index in [9.17, 15) is 4.79 Å². The first-order valence-corrected chi connectivity index (χ1v) is 9.35. The van der Waals surface area contributed by atoms with Gasteiger partial charge in [-0.3, -0.25) is 4.57 Å². The fourth-order valence-corrected chi connectivity index (χ4v) is 3.62. The molecular formula is C19H23N5O4. The van der Waals surface area contributed by atoms with Gasteiger partial charge in [0.05, 0.1) is 0 Å². The van der Waals surface area contributed by atoms with Crippen LogP contribution < -0.4 is 5.69 Å². The molecular weight excluding hydrogens is 362 g/mol. The molecule has 0 N–H and O–H groups in total. The summed E-state index contributed by atoms with van der Waals surface area (Å²) in [5.74, 6) is 1.55. The van der Waals surface area contributed by atoms with E-state index in [-0.39, 0.29) is 30.9 Å². The van der Waals surface area contributed by atoms with Gasteiger partial charge in [0.25, 0.3) is 0 Å². The first-order chi connectivity index (χ1) is 13.7. The Bertz CT molecular complexity index is 978. The summed E-state index contributed by atoms with van der Waals surface area (Å²) in [6.07, 6.45) is 0.631. The third-order valence-corrected chi connectivity index (χ3v) is 4.91. The highest BCUT2D eigenvalue weighted by Crippen LogP contribution is 2.40. The monoisotopic (exact) mass is 385 g/mol. The topological polar surface area (TPSA) is 97.2 Å². The average molecular weight is 385 g/mol. The Morgan fingerprint density at radius 2 is 2.11 bits per heavy atom. The summed E-state index contributed by atoms with van der Waals surface area (Å²) in [6, 6.07) is 10.2. The summed E-state index contributed by atoms with van der Waals surface area (Å²) in [7, 11) is 1.56. The van der Waals surface area contributed by atoms with Crippen molar-refractivity contribution < 1.29 is 14.0 Å². The number of ether oxygens (including phenoxy) is 2. The van der Waals surface area contributed by atoms with E-state index in [0.29, 0.717) is 30.7 Å². The van der Waals surface area contributed by atoms with Crippen molar-refractivity contribution in [2.45, 2.75) is 45.1 Å². The van der Waals surface area contributed by atoms with E-state index < -0.39 is 0 Å². The molecule has 9 nitrogen and oxygen atoms in total. The quantitative estimate of drug-likeness (QED) is 0.612. The number of hydrogen-bond acceptors (Lipinski definition) is 7. The molecule has 3 aromatic rings. The molecule has 4 rings (SSSR count). The minimum atomic E-state index is -0.261. The molecule has 1 aliphatic heterocycles. The summed E-state index contributed by atoms with van der Waals surface area (Å²) in [5.41, 5.74) is 0.974. The molecule has 148 valence electrons. The van der Waals surface area contributed by atoms with Gasteiger partial charge in [-0.2, -0.15) is 10.1 Å². The summed E-state index contributed by atoms with van der Waals surface area (Å²) >= 11 is 0. The van der Waals surface area contributed by atoms with Crippen molar-refractivity contribution in [2.75, 3.05) is 13.7 Å². The highest BCUT2D eigenvalue weighted by molar-refractivity contribution is 5.23. The van der Waals surface area contributed by atoms with Gasteiger partial charge in [-0.25, -0.2) is 9.48 Å². The molecule has 0 radical (unpaired) electrons. The zero-order valence-corrected chi connectivity index (χ0v) is 15.9. The lowest BCUT2D eigenvalue weighted by atomic mass is 9.92. The van der Waals surface area contributed by atoms with Crippen molar-refractivity contribution in [3.05, 3.63) is 63.9 Å². The van der Waals surface area contributed by atoms with Crippen LogP contribution >= 0.6 is 0 Å². The van der Waals surface area contributed by atoms with Crippen molar-refractivity contribution in [3.63, 3.8) is 0 Å². The second-order valence-corrected chi connectivity index (χ2v) is 6.68. The fourth-order valence-electron chi connectivity index (χ4n) is 3.62. The molecule has 28 heavy (non-hydrogen) atoms. The van der Waals surface area contributed by atoms with Gasteiger partial charge in [0.15, 0.2) is 11.6 Å². The van der Waals surface area contributed by atoms with Crippen LogP contribution in [0.2, 0.25) is 0 Å². The van der Waals surface area contributed by atoms with Crippen molar-refractivity contribution in [3.8, 4) is 0 Å². The number of aromatic nitrogens is 5. The maximum absolute atomic E-state index is 12.9. The van der Waals surface area contributed by atoms with Gasteiger partial charge in [-0.05, 0) is 18.9 Å². The highest BCUT2D eigenvalue weighted by atomic mass is 16.5. The zero-order valence-electron chi connectivity index (χ0n) is 15.9. The van der Waals surface area contributed by atoms with Crippen molar-refractivity contribution in [1.82, 2.24) is 24.5 Å². The summed E-state index contributed by atoms with van der Waals surface area (Å²) in [6.45, 7) is 3.43. The van der Waals surface area contributed by atoms with Crippen LogP contribution in [-0.4, -0.2) is 38.2 Å². The lowest BCUT2D eigenvalue weighted by molar-refractivity contribution is 0.0933. The highest BCUT2D eigenvalue weighted by Gasteiger charge is 2.35. The Labute approximate surface area is 161 Å². The third kappa shape index (κ3) is 3.50. The molecule has 9 heteroatoms. The first-order valence-electron chi connectivity index (χ1n) is 9.35. The van der Waals surface area contributed by atoms with E-state index in [1.165, 1.54) is 10.2 Å². The van der Waals surface area contributed by atoms with E-state index in [1.54, 1.807) is 11.7 Å². The molecule has 0 unspecified atom stereocenters. The van der Waals surface area contributed by atoms with Gasteiger partial charge in [-0.1, -0.05) is 35.5 Å². The molecule has 0 spiro atoms. The van der Waals surface area contributed by atoms with Gasteiger partial charge < -0.3 is 14.0 Å². The number of methoxy groups -OCH3 is 1. The second-order valence-electron chi connectivity index (χ2n) is 6.68. The maximum atomic E-state index is 12.9. The third-order valence-electron chi connectivity index (χ3n) is 4.91. The Hall–Kier alpha value is -2.78. The van der Waals surface area contributed by atoms with E-state index in [0.717, 1.165) is 6.42 Å². The van der Waals surface area contributed by atoms with E-state index in [2.05, 4.69) is 27.4 Å². The summed E-state index contributed by atoms with van der Waals surface area (Å²) < 4.78 is 19.2. The van der Waals surface area contributed by atoms with E-state index in [1.807, 2.05) is 25.1 Å². The number of benzene rings is 1. The molecule has 0 aliphatic carbocycles. The van der Waals surface area contributed by atoms with Crippen molar-refractivity contribution in [1.29, 1.82) is 0 Å². The molecule has 2 aromatic heterocycles. The van der Waals surface area contributed by atoms with Gasteiger partial charge in [-0.15, -0.1) is 0 Å². The lowest BCUT2D eigenvalue weighted by Crippen LogP contribution is -2.26. The number of nitrogens with zero attached hydrogens (tertiary/aromatic N) is 5. The maximum Gasteiger partial charge on any atom is 0.346 e. The minimum absolute atomic E-state index is 0.109.